The molecule has 0 saturated carbocycles. The van der Waals surface area contributed by atoms with Crippen molar-refractivity contribution in [3.63, 3.8) is 0 Å². The summed E-state index contributed by atoms with van der Waals surface area (Å²) in [7, 11) is 0. The molecule has 1 fully saturated rings. The topological polar surface area (TPSA) is 50.1 Å². The Morgan fingerprint density at radius 3 is 2.64 bits per heavy atom. The van der Waals surface area contributed by atoms with Gasteiger partial charge in [0.05, 0.1) is 19.3 Å². The van der Waals surface area contributed by atoms with Crippen LogP contribution in [0.3, 0.4) is 0 Å². The molecular weight excluding hydrogens is 142 g/mol. The summed E-state index contributed by atoms with van der Waals surface area (Å²) in [6, 6.07) is 2.02. The van der Waals surface area contributed by atoms with Crippen molar-refractivity contribution in [3.8, 4) is 6.07 Å². The molecule has 0 aromatic heterocycles. The van der Waals surface area contributed by atoms with Crippen LogP contribution in [0.2, 0.25) is 0 Å². The normalized spacial score (nSPS) is 20.0. The Morgan fingerprint density at radius 2 is 2.36 bits per heavy atom. The van der Waals surface area contributed by atoms with Gasteiger partial charge in [-0.3, -0.25) is 4.79 Å². The summed E-state index contributed by atoms with van der Waals surface area (Å²) >= 11 is 0. The number of hydrogen-bond acceptors (Lipinski definition) is 3. The smallest absolute Gasteiger partial charge is 0.162 e. The Labute approximate surface area is 66.0 Å². The van der Waals surface area contributed by atoms with Gasteiger partial charge in [-0.1, -0.05) is 6.92 Å². The van der Waals surface area contributed by atoms with Gasteiger partial charge in [0.25, 0.3) is 0 Å². The van der Waals surface area contributed by atoms with Crippen LogP contribution in [-0.2, 0) is 9.53 Å². The summed E-state index contributed by atoms with van der Waals surface area (Å²) in [6.45, 7) is 2.52. The number of ether oxygens (including phenoxy) is 1. The fourth-order valence-electron chi connectivity index (χ4n) is 1.06. The van der Waals surface area contributed by atoms with Crippen LogP contribution in [0.25, 0.3) is 0 Å². The molecule has 1 rings (SSSR count). The molecule has 3 nitrogen and oxygen atoms in total. The molecule has 0 atom stereocenters. The molecule has 11 heavy (non-hydrogen) atoms. The first-order valence-corrected chi connectivity index (χ1v) is 3.77. The van der Waals surface area contributed by atoms with E-state index in [0.29, 0.717) is 19.6 Å². The summed E-state index contributed by atoms with van der Waals surface area (Å²) in [5.74, 6) is 0.0359. The zero-order chi connectivity index (χ0) is 8.32. The number of carbonyl (C=O) groups excluding carboxylic acids is 1. The molecule has 1 heterocycles. The van der Waals surface area contributed by atoms with Gasteiger partial charge in [-0.25, -0.2) is 0 Å². The van der Waals surface area contributed by atoms with Crippen molar-refractivity contribution in [1.29, 1.82) is 5.26 Å². The van der Waals surface area contributed by atoms with E-state index in [1.165, 1.54) is 0 Å². The summed E-state index contributed by atoms with van der Waals surface area (Å²) in [6.07, 6.45) is 1.30. The molecule has 1 aliphatic rings. The van der Waals surface area contributed by atoms with E-state index in [9.17, 15) is 4.79 Å². The van der Waals surface area contributed by atoms with E-state index in [-0.39, 0.29) is 5.78 Å². The largest absolute Gasteiger partial charge is 0.377 e. The lowest BCUT2D eigenvalue weighted by atomic mass is 9.81. The van der Waals surface area contributed by atoms with Crippen LogP contribution in [0, 0.1) is 16.7 Å². The number of carbonyl (C=O) groups is 1. The predicted octanol–water partition coefficient (Wildman–Crippen LogP) is 0.896. The molecule has 0 N–H and O–H groups in total. The third-order valence-electron chi connectivity index (χ3n) is 1.92. The van der Waals surface area contributed by atoms with Crippen molar-refractivity contribution in [2.24, 2.45) is 5.41 Å². The number of nitrogens with zero attached hydrogens (tertiary/aromatic N) is 1. The maximum absolute atomic E-state index is 11.3. The van der Waals surface area contributed by atoms with Gasteiger partial charge >= 0.3 is 0 Å². The van der Waals surface area contributed by atoms with Crippen LogP contribution in [0.15, 0.2) is 0 Å². The van der Waals surface area contributed by atoms with Gasteiger partial charge in [-0.05, 0) is 6.42 Å². The SMILES string of the molecule is CCCC(=O)C1(C#N)COC1. The zero-order valence-electron chi connectivity index (χ0n) is 6.59. The Bertz CT molecular complexity index is 201. The molecule has 0 aromatic rings. The van der Waals surface area contributed by atoms with Crippen molar-refractivity contribution in [2.75, 3.05) is 13.2 Å². The molecule has 3 heteroatoms. The number of Topliss-reactive ketones (excluding diaryl/α,β-unsaturated/α-hetero) is 1. The first-order valence-electron chi connectivity index (χ1n) is 3.77. The molecule has 0 spiro atoms. The van der Waals surface area contributed by atoms with E-state index in [2.05, 4.69) is 0 Å². The average molecular weight is 153 g/mol. The van der Waals surface area contributed by atoms with Gasteiger partial charge in [0.1, 0.15) is 0 Å². The Hall–Kier alpha value is -0.880. The second-order valence-electron chi connectivity index (χ2n) is 2.86. The van der Waals surface area contributed by atoms with Gasteiger partial charge in [-0.2, -0.15) is 5.26 Å². The van der Waals surface area contributed by atoms with E-state index < -0.39 is 5.41 Å². The Balaban J connectivity index is 2.57. The number of hydrogen-bond donors (Lipinski definition) is 0. The Morgan fingerprint density at radius 1 is 1.73 bits per heavy atom. The van der Waals surface area contributed by atoms with E-state index in [0.717, 1.165) is 6.42 Å². The van der Waals surface area contributed by atoms with Crippen LogP contribution >= 0.6 is 0 Å². The highest BCUT2D eigenvalue weighted by molar-refractivity contribution is 5.88. The summed E-state index contributed by atoms with van der Waals surface area (Å²) in [5, 5.41) is 8.68. The van der Waals surface area contributed by atoms with Crippen LogP contribution in [0.5, 0.6) is 0 Å². The van der Waals surface area contributed by atoms with Crippen molar-refractivity contribution >= 4 is 5.78 Å². The molecule has 0 unspecified atom stereocenters. The van der Waals surface area contributed by atoms with Crippen molar-refractivity contribution in [3.05, 3.63) is 0 Å². The lowest BCUT2D eigenvalue weighted by Crippen LogP contribution is -2.47. The maximum Gasteiger partial charge on any atom is 0.162 e. The third-order valence-corrected chi connectivity index (χ3v) is 1.92. The fourth-order valence-corrected chi connectivity index (χ4v) is 1.06. The zero-order valence-corrected chi connectivity index (χ0v) is 6.59. The molecule has 0 aliphatic carbocycles. The van der Waals surface area contributed by atoms with E-state index in [1.807, 2.05) is 13.0 Å². The van der Waals surface area contributed by atoms with Gasteiger partial charge in [-0.15, -0.1) is 0 Å². The Kier molecular flexibility index (Phi) is 2.25. The molecule has 0 bridgehead atoms. The molecule has 0 aromatic carbocycles. The van der Waals surface area contributed by atoms with Crippen LogP contribution in [-0.4, -0.2) is 19.0 Å². The summed E-state index contributed by atoms with van der Waals surface area (Å²) < 4.78 is 4.85. The minimum atomic E-state index is -0.782. The quantitative estimate of drug-likeness (QED) is 0.605. The molecule has 0 amide bonds. The van der Waals surface area contributed by atoms with Crippen LogP contribution in [0.1, 0.15) is 19.8 Å². The minimum absolute atomic E-state index is 0.0359. The van der Waals surface area contributed by atoms with Gasteiger partial charge in [0.2, 0.25) is 0 Å². The van der Waals surface area contributed by atoms with E-state index >= 15 is 0 Å². The monoisotopic (exact) mass is 153 g/mol. The standard InChI is InChI=1S/C8H11NO2/c1-2-3-7(10)8(4-9)5-11-6-8/h2-3,5-6H2,1H3. The first-order chi connectivity index (χ1) is 5.25. The highest BCUT2D eigenvalue weighted by Crippen LogP contribution is 2.29. The van der Waals surface area contributed by atoms with Crippen molar-refractivity contribution in [2.45, 2.75) is 19.8 Å². The van der Waals surface area contributed by atoms with Gasteiger partial charge < -0.3 is 4.74 Å². The third kappa shape index (κ3) is 1.26. The highest BCUT2D eigenvalue weighted by Gasteiger charge is 2.45. The van der Waals surface area contributed by atoms with Gasteiger partial charge in [0, 0.05) is 6.42 Å². The highest BCUT2D eigenvalue weighted by atomic mass is 16.5. The van der Waals surface area contributed by atoms with Crippen LogP contribution < -0.4 is 0 Å². The first kappa shape index (κ1) is 8.22. The predicted molar refractivity (Wildman–Crippen MR) is 38.8 cm³/mol. The van der Waals surface area contributed by atoms with Crippen molar-refractivity contribution < 1.29 is 9.53 Å². The fraction of sp³-hybridized carbons (Fsp3) is 0.750. The van der Waals surface area contributed by atoms with Gasteiger partial charge in [0.15, 0.2) is 11.2 Å². The summed E-state index contributed by atoms with van der Waals surface area (Å²) in [4.78, 5) is 11.3. The molecule has 1 aliphatic heterocycles. The van der Waals surface area contributed by atoms with Crippen LogP contribution in [0.4, 0.5) is 0 Å². The lowest BCUT2D eigenvalue weighted by Gasteiger charge is -2.33. The minimum Gasteiger partial charge on any atom is -0.377 e. The number of ketones is 1. The van der Waals surface area contributed by atoms with Crippen molar-refractivity contribution in [1.82, 2.24) is 0 Å². The summed E-state index contributed by atoms with van der Waals surface area (Å²) in [5.41, 5.74) is -0.782. The molecule has 1 saturated heterocycles. The average Bonchev–Trinajstić information content (AvgIpc) is 1.87. The maximum atomic E-state index is 11.3. The second-order valence-corrected chi connectivity index (χ2v) is 2.86. The lowest BCUT2D eigenvalue weighted by molar-refractivity contribution is -0.147. The number of nitriles is 1. The van der Waals surface area contributed by atoms with E-state index in [4.69, 9.17) is 10.00 Å². The molecular formula is C8H11NO2. The molecule has 0 radical (unpaired) electrons. The molecule has 60 valence electrons. The number of rotatable bonds is 3. The second kappa shape index (κ2) is 3.02. The van der Waals surface area contributed by atoms with E-state index in [1.54, 1.807) is 0 Å².